The molecule has 0 aromatic heterocycles. The molecule has 0 saturated carbocycles. The number of nitrogens with zero attached hydrogens (tertiary/aromatic N) is 3. The van der Waals surface area contributed by atoms with Gasteiger partial charge in [0.15, 0.2) is 5.78 Å². The Morgan fingerprint density at radius 3 is 2.59 bits per heavy atom. The van der Waals surface area contributed by atoms with Gasteiger partial charge in [0.1, 0.15) is 5.75 Å². The van der Waals surface area contributed by atoms with Crippen molar-refractivity contribution in [3.63, 3.8) is 0 Å². The largest absolute Gasteiger partial charge is 0.489 e. The SMILES string of the molecule is CC(C)Oc1ccccc1N1CCN(C/C=C/C(=O)CN2CCCCC2=O)CC1. The fourth-order valence-corrected chi connectivity index (χ4v) is 3.85. The maximum atomic E-state index is 12.1. The highest BCUT2D eigenvalue weighted by Gasteiger charge is 2.21. The van der Waals surface area contributed by atoms with Crippen molar-refractivity contribution in [3.05, 3.63) is 36.4 Å². The quantitative estimate of drug-likeness (QED) is 0.629. The van der Waals surface area contributed by atoms with Gasteiger partial charge in [-0.25, -0.2) is 0 Å². The summed E-state index contributed by atoms with van der Waals surface area (Å²) in [5.41, 5.74) is 1.15. The van der Waals surface area contributed by atoms with Crippen LogP contribution in [0.1, 0.15) is 33.1 Å². The van der Waals surface area contributed by atoms with Gasteiger partial charge >= 0.3 is 0 Å². The third kappa shape index (κ3) is 6.32. The highest BCUT2D eigenvalue weighted by atomic mass is 16.5. The first kappa shape index (κ1) is 21.4. The van der Waals surface area contributed by atoms with Gasteiger partial charge in [-0.3, -0.25) is 14.5 Å². The van der Waals surface area contributed by atoms with Crippen molar-refractivity contribution in [1.29, 1.82) is 0 Å². The summed E-state index contributed by atoms with van der Waals surface area (Å²) in [6, 6.07) is 8.21. The van der Waals surface area contributed by atoms with Crippen LogP contribution < -0.4 is 9.64 Å². The summed E-state index contributed by atoms with van der Waals surface area (Å²) in [5.74, 6) is 1.06. The zero-order valence-electron chi connectivity index (χ0n) is 17.7. The number of benzene rings is 1. The van der Waals surface area contributed by atoms with Crippen LogP contribution in [0.2, 0.25) is 0 Å². The molecule has 6 heteroatoms. The first-order valence-corrected chi connectivity index (χ1v) is 10.7. The van der Waals surface area contributed by atoms with Crippen molar-refractivity contribution < 1.29 is 14.3 Å². The number of ketones is 1. The predicted octanol–water partition coefficient (Wildman–Crippen LogP) is 2.73. The van der Waals surface area contributed by atoms with E-state index in [1.54, 1.807) is 11.0 Å². The molecule has 0 aliphatic carbocycles. The number of carbonyl (C=O) groups is 2. The molecule has 29 heavy (non-hydrogen) atoms. The molecule has 1 amide bonds. The second-order valence-corrected chi connectivity index (χ2v) is 8.06. The van der Waals surface area contributed by atoms with Crippen LogP contribution in [0.25, 0.3) is 0 Å². The van der Waals surface area contributed by atoms with Gasteiger partial charge < -0.3 is 14.5 Å². The van der Waals surface area contributed by atoms with E-state index in [4.69, 9.17) is 4.74 Å². The van der Waals surface area contributed by atoms with Gasteiger partial charge in [0.2, 0.25) is 5.91 Å². The van der Waals surface area contributed by atoms with Crippen LogP contribution in [0.15, 0.2) is 36.4 Å². The van der Waals surface area contributed by atoms with E-state index in [-0.39, 0.29) is 24.3 Å². The maximum Gasteiger partial charge on any atom is 0.222 e. The number of carbonyl (C=O) groups excluding carboxylic acids is 2. The number of amides is 1. The standard InChI is InChI=1S/C23H33N3O3/c1-19(2)29-22-10-4-3-9-21(22)25-16-14-24(15-17-25)12-7-8-20(27)18-26-13-6-5-11-23(26)28/h3-4,7-10,19H,5-6,11-18H2,1-2H3/b8-7+. The lowest BCUT2D eigenvalue weighted by Crippen LogP contribution is -2.46. The Hall–Kier alpha value is -2.34. The molecule has 0 atom stereocenters. The van der Waals surface area contributed by atoms with Crippen molar-refractivity contribution in [2.75, 3.05) is 50.7 Å². The summed E-state index contributed by atoms with van der Waals surface area (Å²) in [5, 5.41) is 0. The normalized spacial score (nSPS) is 18.7. The van der Waals surface area contributed by atoms with E-state index in [2.05, 4.69) is 21.9 Å². The van der Waals surface area contributed by atoms with Crippen LogP contribution in [0.4, 0.5) is 5.69 Å². The second-order valence-electron chi connectivity index (χ2n) is 8.06. The molecule has 0 radical (unpaired) electrons. The molecule has 2 aliphatic rings. The molecule has 0 unspecified atom stereocenters. The molecule has 2 heterocycles. The van der Waals surface area contributed by atoms with Crippen LogP contribution in [-0.4, -0.2) is 73.4 Å². The number of piperazine rings is 1. The van der Waals surface area contributed by atoms with Crippen LogP contribution in [-0.2, 0) is 9.59 Å². The molecule has 2 fully saturated rings. The Bertz CT molecular complexity index is 724. The molecule has 6 nitrogen and oxygen atoms in total. The Morgan fingerprint density at radius 2 is 1.86 bits per heavy atom. The fraction of sp³-hybridized carbons (Fsp3) is 0.565. The van der Waals surface area contributed by atoms with Gasteiger partial charge in [0.05, 0.1) is 18.3 Å². The average Bonchev–Trinajstić information content (AvgIpc) is 2.70. The number of anilines is 1. The molecule has 0 bridgehead atoms. The molecule has 158 valence electrons. The minimum Gasteiger partial charge on any atom is -0.489 e. The molecule has 3 rings (SSSR count). The van der Waals surface area contributed by atoms with Gasteiger partial charge in [-0.1, -0.05) is 18.2 Å². The Morgan fingerprint density at radius 1 is 1.10 bits per heavy atom. The van der Waals surface area contributed by atoms with Crippen molar-refractivity contribution in [2.24, 2.45) is 0 Å². The highest BCUT2D eigenvalue weighted by molar-refractivity contribution is 5.94. The summed E-state index contributed by atoms with van der Waals surface area (Å²) in [6.45, 7) is 9.53. The Kier molecular flexibility index (Phi) is 7.69. The van der Waals surface area contributed by atoms with Crippen molar-refractivity contribution in [2.45, 2.75) is 39.2 Å². The summed E-state index contributed by atoms with van der Waals surface area (Å²) in [6.07, 6.45) is 6.24. The van der Waals surface area contributed by atoms with E-state index in [1.165, 1.54) is 0 Å². The Labute approximate surface area is 174 Å². The van der Waals surface area contributed by atoms with E-state index in [0.717, 1.165) is 57.0 Å². The highest BCUT2D eigenvalue weighted by Crippen LogP contribution is 2.29. The molecular weight excluding hydrogens is 366 g/mol. The molecule has 2 aliphatic heterocycles. The number of para-hydroxylation sites is 2. The topological polar surface area (TPSA) is 53.1 Å². The number of hydrogen-bond donors (Lipinski definition) is 0. The van der Waals surface area contributed by atoms with E-state index >= 15 is 0 Å². The third-order valence-electron chi connectivity index (χ3n) is 5.38. The monoisotopic (exact) mass is 399 g/mol. The third-order valence-corrected chi connectivity index (χ3v) is 5.38. The zero-order chi connectivity index (χ0) is 20.6. The fourth-order valence-electron chi connectivity index (χ4n) is 3.85. The Balaban J connectivity index is 1.44. The van der Waals surface area contributed by atoms with Gasteiger partial charge in [-0.15, -0.1) is 0 Å². The lowest BCUT2D eigenvalue weighted by atomic mass is 10.1. The summed E-state index contributed by atoms with van der Waals surface area (Å²) < 4.78 is 5.95. The first-order valence-electron chi connectivity index (χ1n) is 10.7. The van der Waals surface area contributed by atoms with E-state index in [0.29, 0.717) is 13.0 Å². The minimum atomic E-state index is 0.0126. The van der Waals surface area contributed by atoms with Gasteiger partial charge in [0.25, 0.3) is 0 Å². The minimum absolute atomic E-state index is 0.0126. The van der Waals surface area contributed by atoms with Crippen molar-refractivity contribution >= 4 is 17.4 Å². The number of hydrogen-bond acceptors (Lipinski definition) is 5. The molecule has 2 saturated heterocycles. The summed E-state index contributed by atoms with van der Waals surface area (Å²) in [4.78, 5) is 30.3. The van der Waals surface area contributed by atoms with Crippen LogP contribution in [0.5, 0.6) is 5.75 Å². The second kappa shape index (κ2) is 10.4. The number of likely N-dealkylation sites (tertiary alicyclic amines) is 1. The average molecular weight is 400 g/mol. The molecule has 1 aromatic carbocycles. The maximum absolute atomic E-state index is 12.1. The van der Waals surface area contributed by atoms with Crippen LogP contribution in [0.3, 0.4) is 0 Å². The summed E-state index contributed by atoms with van der Waals surface area (Å²) >= 11 is 0. The number of rotatable bonds is 8. The zero-order valence-corrected chi connectivity index (χ0v) is 17.7. The smallest absolute Gasteiger partial charge is 0.222 e. The van der Waals surface area contributed by atoms with Gasteiger partial charge in [0, 0.05) is 45.7 Å². The first-order chi connectivity index (χ1) is 14.0. The molecule has 1 aromatic rings. The molecule has 0 spiro atoms. The van der Waals surface area contributed by atoms with E-state index < -0.39 is 0 Å². The van der Waals surface area contributed by atoms with Crippen LogP contribution in [0, 0.1) is 0 Å². The van der Waals surface area contributed by atoms with E-state index in [1.807, 2.05) is 32.1 Å². The molecule has 0 N–H and O–H groups in total. The van der Waals surface area contributed by atoms with Gasteiger partial charge in [-0.2, -0.15) is 0 Å². The lowest BCUT2D eigenvalue weighted by Gasteiger charge is -2.36. The summed E-state index contributed by atoms with van der Waals surface area (Å²) in [7, 11) is 0. The lowest BCUT2D eigenvalue weighted by molar-refractivity contribution is -0.136. The van der Waals surface area contributed by atoms with Crippen molar-refractivity contribution in [3.8, 4) is 5.75 Å². The van der Waals surface area contributed by atoms with Crippen molar-refractivity contribution in [1.82, 2.24) is 9.80 Å². The number of ether oxygens (including phenoxy) is 1. The van der Waals surface area contributed by atoms with E-state index in [9.17, 15) is 9.59 Å². The predicted molar refractivity (Wildman–Crippen MR) is 115 cm³/mol. The van der Waals surface area contributed by atoms with Crippen LogP contribution >= 0.6 is 0 Å². The van der Waals surface area contributed by atoms with Gasteiger partial charge in [-0.05, 0) is 44.9 Å². The number of piperidine rings is 1. The molecular formula is C23H33N3O3.